The number of amides is 6. The quantitative estimate of drug-likeness (QED) is 0.0615. The number of carboxylic acids is 1. The Kier molecular flexibility index (Phi) is 17.1. The van der Waals surface area contributed by atoms with Crippen LogP contribution in [0.1, 0.15) is 47.0 Å². The fourth-order valence-corrected chi connectivity index (χ4v) is 4.31. The van der Waals surface area contributed by atoms with Crippen molar-refractivity contribution >= 4 is 41.4 Å². The number of carboxylic acid groups (broad SMARTS) is 1. The molecule has 46 heavy (non-hydrogen) atoms. The van der Waals surface area contributed by atoms with Gasteiger partial charge in [0.05, 0.1) is 32.0 Å². The molecular formula is C27H47N7O12. The standard InChI is InChI=1S/C27H47N7O12/c1-12(2)8-16(22(40)29-13(3)27(45)46)30-23(41)17(9-35)31-24(42)18(10-36)32-25(43)19(11-37)33-26(44)20(14(4)38)34-21(39)15-6-5-7-28-15/h12-20,28,35-38H,5-11H2,1-4H3,(H,29,40)(H,30,41)(H,31,42)(H,32,43)(H,33,44)(H,34,39)(H,45,46)/t13-,14+,15-,16-,17-,18-,19-,20-/m0/s1. The number of carbonyl (C=O) groups is 7. The summed E-state index contributed by atoms with van der Waals surface area (Å²) < 4.78 is 0. The Labute approximate surface area is 265 Å². The van der Waals surface area contributed by atoms with Crippen LogP contribution >= 0.6 is 0 Å². The lowest BCUT2D eigenvalue weighted by Crippen LogP contribution is -2.62. The molecule has 0 aromatic carbocycles. The molecule has 6 amide bonds. The van der Waals surface area contributed by atoms with Gasteiger partial charge in [-0.1, -0.05) is 13.8 Å². The van der Waals surface area contributed by atoms with E-state index in [2.05, 4.69) is 37.2 Å². The molecule has 1 heterocycles. The van der Waals surface area contributed by atoms with Crippen molar-refractivity contribution in [2.75, 3.05) is 26.4 Å². The molecule has 0 spiro atoms. The van der Waals surface area contributed by atoms with Gasteiger partial charge in [-0.3, -0.25) is 33.6 Å². The third kappa shape index (κ3) is 12.8. The lowest BCUT2D eigenvalue weighted by molar-refractivity contribution is -0.142. The molecule has 8 atom stereocenters. The highest BCUT2D eigenvalue weighted by Crippen LogP contribution is 2.07. The second-order valence-electron chi connectivity index (χ2n) is 11.4. The summed E-state index contributed by atoms with van der Waals surface area (Å²) in [5.74, 6) is -7.16. The third-order valence-electron chi connectivity index (χ3n) is 6.96. The van der Waals surface area contributed by atoms with Gasteiger partial charge in [0.25, 0.3) is 0 Å². The van der Waals surface area contributed by atoms with E-state index in [1.165, 1.54) is 13.8 Å². The molecule has 0 unspecified atom stereocenters. The molecule has 0 aromatic heterocycles. The SMILES string of the molecule is CC(C)C[C@H](NC(=O)[C@H](CO)NC(=O)[C@H](CO)NC(=O)[C@H](CO)NC(=O)[C@@H](NC(=O)[C@@H]1CCCN1)[C@@H](C)O)C(=O)N[C@@H](C)C(=O)O. The molecule has 0 bridgehead atoms. The van der Waals surface area contributed by atoms with Crippen LogP contribution in [0.25, 0.3) is 0 Å². The van der Waals surface area contributed by atoms with Crippen LogP contribution in [0.2, 0.25) is 0 Å². The number of rotatable bonds is 19. The van der Waals surface area contributed by atoms with Gasteiger partial charge in [0, 0.05) is 0 Å². The molecule has 12 N–H and O–H groups in total. The molecule has 1 aliphatic rings. The van der Waals surface area contributed by atoms with Gasteiger partial charge >= 0.3 is 5.97 Å². The van der Waals surface area contributed by atoms with Crippen molar-refractivity contribution in [2.24, 2.45) is 5.92 Å². The van der Waals surface area contributed by atoms with Gasteiger partial charge in [0.2, 0.25) is 35.4 Å². The van der Waals surface area contributed by atoms with E-state index in [1.807, 2.05) is 0 Å². The van der Waals surface area contributed by atoms with Gasteiger partial charge in [0.1, 0.15) is 36.3 Å². The number of carbonyl (C=O) groups excluding carboxylic acids is 6. The van der Waals surface area contributed by atoms with Gasteiger partial charge in [-0.25, -0.2) is 0 Å². The second-order valence-corrected chi connectivity index (χ2v) is 11.4. The molecule has 0 aliphatic carbocycles. The first-order valence-electron chi connectivity index (χ1n) is 14.8. The minimum Gasteiger partial charge on any atom is -0.480 e. The van der Waals surface area contributed by atoms with E-state index in [0.717, 1.165) is 6.42 Å². The van der Waals surface area contributed by atoms with E-state index in [-0.39, 0.29) is 12.3 Å². The van der Waals surface area contributed by atoms with E-state index in [9.17, 15) is 54.0 Å². The molecule has 0 aromatic rings. The summed E-state index contributed by atoms with van der Waals surface area (Å²) in [6, 6.07) is -9.67. The zero-order valence-corrected chi connectivity index (χ0v) is 26.2. The van der Waals surface area contributed by atoms with Crippen LogP contribution in [-0.2, 0) is 33.6 Å². The second kappa shape index (κ2) is 19.6. The lowest BCUT2D eigenvalue weighted by Gasteiger charge is -2.27. The van der Waals surface area contributed by atoms with E-state index >= 15 is 0 Å². The first kappa shape index (κ1) is 40.1. The Morgan fingerprint density at radius 2 is 1.11 bits per heavy atom. The maximum absolute atomic E-state index is 12.8. The Morgan fingerprint density at radius 3 is 1.48 bits per heavy atom. The molecule has 1 fully saturated rings. The predicted molar refractivity (Wildman–Crippen MR) is 158 cm³/mol. The van der Waals surface area contributed by atoms with Crippen LogP contribution in [0.3, 0.4) is 0 Å². The maximum Gasteiger partial charge on any atom is 0.325 e. The lowest BCUT2D eigenvalue weighted by atomic mass is 10.0. The average Bonchev–Trinajstić information content (AvgIpc) is 3.54. The van der Waals surface area contributed by atoms with Crippen LogP contribution in [0.5, 0.6) is 0 Å². The number of hydrogen-bond donors (Lipinski definition) is 12. The molecule has 1 aliphatic heterocycles. The van der Waals surface area contributed by atoms with E-state index in [1.54, 1.807) is 13.8 Å². The summed E-state index contributed by atoms with van der Waals surface area (Å²) in [6.07, 6.45) is -0.0532. The van der Waals surface area contributed by atoms with Crippen molar-refractivity contribution in [3.8, 4) is 0 Å². The van der Waals surface area contributed by atoms with Gasteiger partial charge in [-0.2, -0.15) is 0 Å². The van der Waals surface area contributed by atoms with E-state index in [0.29, 0.717) is 13.0 Å². The van der Waals surface area contributed by atoms with Crippen molar-refractivity contribution in [3.63, 3.8) is 0 Å². The van der Waals surface area contributed by atoms with Crippen LogP contribution < -0.4 is 37.2 Å². The molecule has 0 radical (unpaired) electrons. The highest BCUT2D eigenvalue weighted by molar-refractivity contribution is 5.97. The van der Waals surface area contributed by atoms with Crippen molar-refractivity contribution in [1.82, 2.24) is 37.2 Å². The van der Waals surface area contributed by atoms with Gasteiger partial charge in [0.15, 0.2) is 0 Å². The molecule has 262 valence electrons. The number of aliphatic carboxylic acids is 1. The fourth-order valence-electron chi connectivity index (χ4n) is 4.31. The average molecular weight is 662 g/mol. The van der Waals surface area contributed by atoms with Crippen molar-refractivity contribution in [2.45, 2.75) is 95.4 Å². The van der Waals surface area contributed by atoms with Crippen molar-refractivity contribution in [1.29, 1.82) is 0 Å². The summed E-state index contributed by atoms with van der Waals surface area (Å²) in [4.78, 5) is 87.4. The maximum atomic E-state index is 12.8. The summed E-state index contributed by atoms with van der Waals surface area (Å²) in [5, 5.41) is 64.6. The summed E-state index contributed by atoms with van der Waals surface area (Å²) >= 11 is 0. The smallest absolute Gasteiger partial charge is 0.325 e. The van der Waals surface area contributed by atoms with Crippen molar-refractivity contribution in [3.05, 3.63) is 0 Å². The van der Waals surface area contributed by atoms with Gasteiger partial charge < -0.3 is 62.8 Å². The Balaban J connectivity index is 2.89. The van der Waals surface area contributed by atoms with Gasteiger partial charge in [-0.15, -0.1) is 0 Å². The number of aliphatic hydroxyl groups excluding tert-OH is 4. The van der Waals surface area contributed by atoms with Crippen LogP contribution in [-0.4, -0.2) is 142 Å². The van der Waals surface area contributed by atoms with Crippen molar-refractivity contribution < 1.29 is 59.1 Å². The number of nitrogens with one attached hydrogen (secondary N) is 7. The normalized spacial score (nSPS) is 18.9. The van der Waals surface area contributed by atoms with Crippen LogP contribution in [0.15, 0.2) is 0 Å². The first-order chi connectivity index (χ1) is 21.6. The third-order valence-corrected chi connectivity index (χ3v) is 6.96. The van der Waals surface area contributed by atoms with E-state index < -0.39 is 110 Å². The Hall–Kier alpha value is -3.91. The summed E-state index contributed by atoms with van der Waals surface area (Å²) in [6.45, 7) is 3.56. The molecule has 1 rings (SSSR count). The predicted octanol–water partition coefficient (Wildman–Crippen LogP) is -5.84. The fraction of sp³-hybridized carbons (Fsp3) is 0.741. The molecular weight excluding hydrogens is 614 g/mol. The summed E-state index contributed by atoms with van der Waals surface area (Å²) in [5.41, 5.74) is 0. The molecule has 19 nitrogen and oxygen atoms in total. The number of hydrogen-bond acceptors (Lipinski definition) is 12. The zero-order valence-electron chi connectivity index (χ0n) is 26.2. The Morgan fingerprint density at radius 1 is 0.674 bits per heavy atom. The first-order valence-corrected chi connectivity index (χ1v) is 14.8. The molecule has 1 saturated heterocycles. The monoisotopic (exact) mass is 661 g/mol. The topological polar surface area (TPSA) is 305 Å². The molecule has 19 heteroatoms. The highest BCUT2D eigenvalue weighted by atomic mass is 16.4. The van der Waals surface area contributed by atoms with Crippen LogP contribution in [0.4, 0.5) is 0 Å². The zero-order chi connectivity index (χ0) is 35.1. The molecule has 0 saturated carbocycles. The number of aliphatic hydroxyl groups is 4. The van der Waals surface area contributed by atoms with E-state index in [4.69, 9.17) is 5.11 Å². The minimum atomic E-state index is -1.74. The Bertz CT molecular complexity index is 1080. The largest absolute Gasteiger partial charge is 0.480 e. The minimum absolute atomic E-state index is 0.0800. The summed E-state index contributed by atoms with van der Waals surface area (Å²) in [7, 11) is 0. The van der Waals surface area contributed by atoms with Gasteiger partial charge in [-0.05, 0) is 45.6 Å². The highest BCUT2D eigenvalue weighted by Gasteiger charge is 2.34. The van der Waals surface area contributed by atoms with Crippen LogP contribution in [0, 0.1) is 5.92 Å².